The van der Waals surface area contributed by atoms with Crippen LogP contribution in [0.5, 0.6) is 0 Å². The molecule has 0 aromatic rings. The number of carbonyl (C=O) groups is 1. The van der Waals surface area contributed by atoms with Crippen LogP contribution in [0.1, 0.15) is 64.7 Å². The highest BCUT2D eigenvalue weighted by Gasteiger charge is 1.94. The van der Waals surface area contributed by atoms with E-state index in [4.69, 9.17) is 4.74 Å². The zero-order valence-electron chi connectivity index (χ0n) is 11.8. The van der Waals surface area contributed by atoms with Crippen LogP contribution in [0.3, 0.4) is 0 Å². The van der Waals surface area contributed by atoms with E-state index in [-0.39, 0.29) is 5.97 Å². The van der Waals surface area contributed by atoms with E-state index in [0.717, 1.165) is 6.42 Å². The maximum absolute atomic E-state index is 10.5. The van der Waals surface area contributed by atoms with Gasteiger partial charge in [-0.1, -0.05) is 63.3 Å². The monoisotopic (exact) mass is 252 g/mol. The molecule has 0 aliphatic heterocycles. The van der Waals surface area contributed by atoms with Gasteiger partial charge < -0.3 is 4.74 Å². The highest BCUT2D eigenvalue weighted by Crippen LogP contribution is 2.10. The maximum Gasteiger partial charge on any atom is 0.302 e. The minimum absolute atomic E-state index is 0.166. The van der Waals surface area contributed by atoms with Crippen LogP contribution in [0, 0.1) is 0 Å². The Labute approximate surface area is 112 Å². The average Bonchev–Trinajstić information content (AvgIpc) is 2.34. The van der Waals surface area contributed by atoms with Crippen LogP contribution in [0.4, 0.5) is 0 Å². The SMILES string of the molecule is C=C/C=C\CCCCCCCCCCOC(C)=O. The molecule has 18 heavy (non-hydrogen) atoms. The lowest BCUT2D eigenvalue weighted by molar-refractivity contribution is -0.141. The van der Waals surface area contributed by atoms with Crippen LogP contribution in [-0.4, -0.2) is 12.6 Å². The number of hydrogen-bond donors (Lipinski definition) is 0. The molecule has 0 rings (SSSR count). The van der Waals surface area contributed by atoms with Gasteiger partial charge in [0.05, 0.1) is 6.61 Å². The molecule has 2 nitrogen and oxygen atoms in total. The van der Waals surface area contributed by atoms with Gasteiger partial charge in [0.1, 0.15) is 0 Å². The Hall–Kier alpha value is -1.05. The quantitative estimate of drug-likeness (QED) is 0.283. The first-order valence-electron chi connectivity index (χ1n) is 7.18. The predicted molar refractivity (Wildman–Crippen MR) is 77.5 cm³/mol. The predicted octanol–water partition coefficient (Wildman–Crippen LogP) is 4.80. The molecule has 0 spiro atoms. The first-order chi connectivity index (χ1) is 8.77. The van der Waals surface area contributed by atoms with Gasteiger partial charge in [-0.3, -0.25) is 4.79 Å². The summed E-state index contributed by atoms with van der Waals surface area (Å²) in [5, 5.41) is 0. The van der Waals surface area contributed by atoms with Gasteiger partial charge in [0.25, 0.3) is 0 Å². The van der Waals surface area contributed by atoms with Crippen molar-refractivity contribution in [2.45, 2.75) is 64.7 Å². The summed E-state index contributed by atoms with van der Waals surface area (Å²) in [5.41, 5.74) is 0. The number of rotatable bonds is 12. The summed E-state index contributed by atoms with van der Waals surface area (Å²) in [7, 11) is 0. The van der Waals surface area contributed by atoms with Gasteiger partial charge in [0.15, 0.2) is 0 Å². The number of unbranched alkanes of at least 4 members (excludes halogenated alkanes) is 8. The maximum atomic E-state index is 10.5. The van der Waals surface area contributed by atoms with E-state index in [2.05, 4.69) is 12.7 Å². The highest BCUT2D eigenvalue weighted by molar-refractivity contribution is 5.65. The molecule has 0 aliphatic carbocycles. The molecular formula is C16H28O2. The number of ether oxygens (including phenoxy) is 1. The van der Waals surface area contributed by atoms with Crippen molar-refractivity contribution < 1.29 is 9.53 Å². The fourth-order valence-electron chi connectivity index (χ4n) is 1.83. The van der Waals surface area contributed by atoms with Crippen molar-refractivity contribution in [1.29, 1.82) is 0 Å². The molecular weight excluding hydrogens is 224 g/mol. The third kappa shape index (κ3) is 14.9. The van der Waals surface area contributed by atoms with Crippen molar-refractivity contribution in [2.24, 2.45) is 0 Å². The van der Waals surface area contributed by atoms with Gasteiger partial charge in [-0.25, -0.2) is 0 Å². The summed E-state index contributed by atoms with van der Waals surface area (Å²) in [6, 6.07) is 0. The lowest BCUT2D eigenvalue weighted by Gasteiger charge is -2.02. The Bertz CT molecular complexity index is 231. The van der Waals surface area contributed by atoms with Crippen molar-refractivity contribution in [2.75, 3.05) is 6.61 Å². The van der Waals surface area contributed by atoms with Gasteiger partial charge in [0.2, 0.25) is 0 Å². The normalized spacial score (nSPS) is 10.7. The fraction of sp³-hybridized carbons (Fsp3) is 0.688. The second-order valence-electron chi connectivity index (χ2n) is 4.62. The molecule has 0 N–H and O–H groups in total. The molecule has 0 unspecified atom stereocenters. The first-order valence-corrected chi connectivity index (χ1v) is 7.18. The molecule has 0 radical (unpaired) electrons. The van der Waals surface area contributed by atoms with Crippen LogP contribution in [-0.2, 0) is 9.53 Å². The van der Waals surface area contributed by atoms with E-state index in [0.29, 0.717) is 6.61 Å². The summed E-state index contributed by atoms with van der Waals surface area (Å²) in [5.74, 6) is -0.166. The lowest BCUT2D eigenvalue weighted by atomic mass is 10.1. The number of carbonyl (C=O) groups excluding carboxylic acids is 1. The zero-order valence-corrected chi connectivity index (χ0v) is 11.8. The summed E-state index contributed by atoms with van der Waals surface area (Å²) >= 11 is 0. The van der Waals surface area contributed by atoms with Crippen LogP contribution in [0.2, 0.25) is 0 Å². The minimum Gasteiger partial charge on any atom is -0.466 e. The molecule has 0 saturated carbocycles. The summed E-state index contributed by atoms with van der Waals surface area (Å²) < 4.78 is 4.88. The van der Waals surface area contributed by atoms with Gasteiger partial charge >= 0.3 is 5.97 Å². The molecule has 0 heterocycles. The summed E-state index contributed by atoms with van der Waals surface area (Å²) in [6.07, 6.45) is 17.2. The van der Waals surface area contributed by atoms with E-state index in [1.165, 1.54) is 58.3 Å². The lowest BCUT2D eigenvalue weighted by Crippen LogP contribution is -2.00. The van der Waals surface area contributed by atoms with Crippen LogP contribution in [0.15, 0.2) is 24.8 Å². The van der Waals surface area contributed by atoms with E-state index in [9.17, 15) is 4.79 Å². The van der Waals surface area contributed by atoms with E-state index < -0.39 is 0 Å². The van der Waals surface area contributed by atoms with Crippen LogP contribution in [0.25, 0.3) is 0 Å². The second-order valence-corrected chi connectivity index (χ2v) is 4.62. The molecule has 104 valence electrons. The van der Waals surface area contributed by atoms with Crippen molar-refractivity contribution >= 4 is 5.97 Å². The second kappa shape index (κ2) is 14.0. The Morgan fingerprint density at radius 2 is 1.56 bits per heavy atom. The fourth-order valence-corrected chi connectivity index (χ4v) is 1.83. The van der Waals surface area contributed by atoms with Crippen molar-refractivity contribution in [1.82, 2.24) is 0 Å². The molecule has 0 fully saturated rings. The van der Waals surface area contributed by atoms with Crippen LogP contribution < -0.4 is 0 Å². The van der Waals surface area contributed by atoms with E-state index >= 15 is 0 Å². The minimum atomic E-state index is -0.166. The smallest absolute Gasteiger partial charge is 0.302 e. The number of hydrogen-bond acceptors (Lipinski definition) is 2. The Balaban J connectivity index is 3.01. The van der Waals surface area contributed by atoms with E-state index in [1.807, 2.05) is 12.2 Å². The molecule has 0 bridgehead atoms. The average molecular weight is 252 g/mol. The standard InChI is InChI=1S/C16H28O2/c1-3-4-5-6-7-8-9-10-11-12-13-14-15-18-16(2)17/h3-5H,1,6-15H2,2H3/b5-4-. The molecule has 0 aromatic heterocycles. The Morgan fingerprint density at radius 1 is 1.00 bits per heavy atom. The number of esters is 1. The Morgan fingerprint density at radius 3 is 2.11 bits per heavy atom. The Kier molecular flexibility index (Phi) is 13.2. The van der Waals surface area contributed by atoms with Gasteiger partial charge in [-0.2, -0.15) is 0 Å². The van der Waals surface area contributed by atoms with Gasteiger partial charge in [-0.15, -0.1) is 0 Å². The molecule has 0 aliphatic rings. The largest absolute Gasteiger partial charge is 0.466 e. The van der Waals surface area contributed by atoms with Crippen LogP contribution >= 0.6 is 0 Å². The molecule has 0 atom stereocenters. The van der Waals surface area contributed by atoms with Crippen molar-refractivity contribution in [3.63, 3.8) is 0 Å². The third-order valence-corrected chi connectivity index (χ3v) is 2.84. The first kappa shape index (κ1) is 16.9. The summed E-state index contributed by atoms with van der Waals surface area (Å²) in [6.45, 7) is 5.70. The van der Waals surface area contributed by atoms with Gasteiger partial charge in [0, 0.05) is 6.92 Å². The number of allylic oxidation sites excluding steroid dienone is 3. The molecule has 0 saturated heterocycles. The van der Waals surface area contributed by atoms with Gasteiger partial charge in [-0.05, 0) is 19.3 Å². The molecule has 2 heteroatoms. The highest BCUT2D eigenvalue weighted by atomic mass is 16.5. The zero-order chi connectivity index (χ0) is 13.5. The summed E-state index contributed by atoms with van der Waals surface area (Å²) in [4.78, 5) is 10.5. The molecule has 0 aromatic carbocycles. The molecule has 0 amide bonds. The van der Waals surface area contributed by atoms with Crippen molar-refractivity contribution in [3.8, 4) is 0 Å². The third-order valence-electron chi connectivity index (χ3n) is 2.84. The van der Waals surface area contributed by atoms with E-state index in [1.54, 1.807) is 0 Å². The topological polar surface area (TPSA) is 26.3 Å². The van der Waals surface area contributed by atoms with Crippen molar-refractivity contribution in [3.05, 3.63) is 24.8 Å².